The zero-order chi connectivity index (χ0) is 18.8. The summed E-state index contributed by atoms with van der Waals surface area (Å²) in [4.78, 5) is 26.1. The molecule has 0 aliphatic rings. The average Bonchev–Trinajstić information content (AvgIpc) is 2.67. The van der Waals surface area contributed by atoms with E-state index in [9.17, 15) is 9.59 Å². The summed E-state index contributed by atoms with van der Waals surface area (Å²) < 4.78 is 10.5. The molecule has 1 aromatic heterocycles. The van der Waals surface area contributed by atoms with Gasteiger partial charge in [0.15, 0.2) is 0 Å². The summed E-state index contributed by atoms with van der Waals surface area (Å²) in [5, 5.41) is 8.91. The van der Waals surface area contributed by atoms with Crippen LogP contribution in [-0.4, -0.2) is 35.2 Å². The summed E-state index contributed by atoms with van der Waals surface area (Å²) in [6.07, 6.45) is 5.33. The predicted octanol–water partition coefficient (Wildman–Crippen LogP) is 3.73. The molecule has 2 aromatic rings. The van der Waals surface area contributed by atoms with Crippen molar-refractivity contribution in [2.75, 3.05) is 13.2 Å². The molecule has 0 unspecified atom stereocenters. The molecule has 1 N–H and O–H groups in total. The number of esters is 1. The van der Waals surface area contributed by atoms with E-state index in [1.165, 1.54) is 0 Å². The number of pyridine rings is 1. The van der Waals surface area contributed by atoms with Crippen LogP contribution in [0.25, 0.3) is 11.3 Å². The number of hydrogen-bond acceptors (Lipinski definition) is 5. The molecule has 1 aromatic carbocycles. The van der Waals surface area contributed by atoms with Crippen LogP contribution in [0.2, 0.25) is 0 Å². The normalized spacial score (nSPS) is 10.2. The number of aromatic carboxylic acids is 1. The van der Waals surface area contributed by atoms with Gasteiger partial charge in [-0.25, -0.2) is 9.59 Å². The Bertz CT molecular complexity index is 738. The van der Waals surface area contributed by atoms with Crippen molar-refractivity contribution in [3.63, 3.8) is 0 Å². The van der Waals surface area contributed by atoms with E-state index in [4.69, 9.17) is 14.6 Å². The third-order valence-corrected chi connectivity index (χ3v) is 3.63. The monoisotopic (exact) mass is 355 g/mol. The minimum Gasteiger partial charge on any atom is -0.492 e. The van der Waals surface area contributed by atoms with Crippen molar-refractivity contribution in [3.05, 3.63) is 60.8 Å². The molecular weight excluding hydrogens is 334 g/mol. The number of carbonyl (C=O) groups excluding carboxylic acids is 1. The molecule has 0 spiro atoms. The van der Waals surface area contributed by atoms with Crippen molar-refractivity contribution in [2.45, 2.75) is 19.3 Å². The van der Waals surface area contributed by atoms with E-state index >= 15 is 0 Å². The number of carboxylic acids is 1. The Morgan fingerprint density at radius 1 is 1.04 bits per heavy atom. The predicted molar refractivity (Wildman–Crippen MR) is 97.1 cm³/mol. The van der Waals surface area contributed by atoms with Gasteiger partial charge in [0.2, 0.25) is 0 Å². The zero-order valence-corrected chi connectivity index (χ0v) is 14.4. The van der Waals surface area contributed by atoms with E-state index in [1.807, 2.05) is 12.1 Å². The fourth-order valence-corrected chi connectivity index (χ4v) is 2.22. The first kappa shape index (κ1) is 19.2. The fraction of sp³-hybridized carbons (Fsp3) is 0.250. The number of benzene rings is 1. The lowest BCUT2D eigenvalue weighted by molar-refractivity contribution is -0.137. The minimum atomic E-state index is -0.952. The highest BCUT2D eigenvalue weighted by molar-refractivity contribution is 5.88. The zero-order valence-electron chi connectivity index (χ0n) is 14.4. The number of carbonyl (C=O) groups is 2. The average molecular weight is 355 g/mol. The van der Waals surface area contributed by atoms with E-state index in [0.29, 0.717) is 19.0 Å². The SMILES string of the molecule is C=CC(=O)OCCCCCOc1ccc(-c2ccc(C(=O)O)cc2)nc1. The van der Waals surface area contributed by atoms with Crippen molar-refractivity contribution in [2.24, 2.45) is 0 Å². The molecule has 26 heavy (non-hydrogen) atoms. The maximum absolute atomic E-state index is 10.9. The van der Waals surface area contributed by atoms with Gasteiger partial charge < -0.3 is 14.6 Å². The number of nitrogens with zero attached hydrogens (tertiary/aromatic N) is 1. The molecule has 0 saturated carbocycles. The van der Waals surface area contributed by atoms with Gasteiger partial charge in [0.05, 0.1) is 30.7 Å². The minimum absolute atomic E-state index is 0.243. The topological polar surface area (TPSA) is 85.7 Å². The largest absolute Gasteiger partial charge is 0.492 e. The molecule has 0 bridgehead atoms. The van der Waals surface area contributed by atoms with E-state index in [1.54, 1.807) is 30.5 Å². The van der Waals surface area contributed by atoms with Gasteiger partial charge in [0.1, 0.15) is 5.75 Å². The van der Waals surface area contributed by atoms with Crippen molar-refractivity contribution >= 4 is 11.9 Å². The number of ether oxygens (including phenoxy) is 2. The Labute approximate surface area is 152 Å². The van der Waals surface area contributed by atoms with Gasteiger partial charge in [0.25, 0.3) is 0 Å². The smallest absolute Gasteiger partial charge is 0.335 e. The standard InChI is InChI=1S/C20H21NO5/c1-2-19(22)26-13-5-3-4-12-25-17-10-11-18(21-14-17)15-6-8-16(9-7-15)20(23)24/h2,6-11,14H,1,3-5,12-13H2,(H,23,24). The van der Waals surface area contributed by atoms with Crippen LogP contribution in [0, 0.1) is 0 Å². The molecule has 2 rings (SSSR count). The highest BCUT2D eigenvalue weighted by atomic mass is 16.5. The van der Waals surface area contributed by atoms with Crippen LogP contribution in [0.15, 0.2) is 55.3 Å². The Morgan fingerprint density at radius 3 is 2.38 bits per heavy atom. The van der Waals surface area contributed by atoms with Crippen LogP contribution in [0.5, 0.6) is 5.75 Å². The molecule has 0 aliphatic carbocycles. The summed E-state index contributed by atoms with van der Waals surface area (Å²) >= 11 is 0. The molecule has 6 nitrogen and oxygen atoms in total. The summed E-state index contributed by atoms with van der Waals surface area (Å²) in [5.74, 6) is -0.675. The molecule has 6 heteroatoms. The van der Waals surface area contributed by atoms with Gasteiger partial charge >= 0.3 is 11.9 Å². The molecule has 0 saturated heterocycles. The fourth-order valence-electron chi connectivity index (χ4n) is 2.22. The van der Waals surface area contributed by atoms with E-state index in [0.717, 1.165) is 36.6 Å². The number of hydrogen-bond donors (Lipinski definition) is 1. The second-order valence-electron chi connectivity index (χ2n) is 5.54. The van der Waals surface area contributed by atoms with E-state index < -0.39 is 11.9 Å². The molecule has 0 amide bonds. The van der Waals surface area contributed by atoms with E-state index in [2.05, 4.69) is 11.6 Å². The lowest BCUT2D eigenvalue weighted by Crippen LogP contribution is -2.03. The second-order valence-corrected chi connectivity index (χ2v) is 5.54. The Balaban J connectivity index is 1.73. The summed E-state index contributed by atoms with van der Waals surface area (Å²) in [6, 6.07) is 10.2. The van der Waals surface area contributed by atoms with Crippen molar-refractivity contribution < 1.29 is 24.2 Å². The molecule has 1 heterocycles. The quantitative estimate of drug-likeness (QED) is 0.397. The number of aromatic nitrogens is 1. The maximum atomic E-state index is 10.9. The number of carboxylic acid groups (broad SMARTS) is 1. The van der Waals surface area contributed by atoms with E-state index in [-0.39, 0.29) is 5.56 Å². The highest BCUT2D eigenvalue weighted by Gasteiger charge is 2.04. The Hall–Kier alpha value is -3.15. The lowest BCUT2D eigenvalue weighted by atomic mass is 10.1. The van der Waals surface area contributed by atoms with Crippen LogP contribution >= 0.6 is 0 Å². The first-order chi connectivity index (χ1) is 12.6. The lowest BCUT2D eigenvalue weighted by Gasteiger charge is -2.07. The third-order valence-electron chi connectivity index (χ3n) is 3.63. The molecule has 0 fully saturated rings. The van der Waals surface area contributed by atoms with Gasteiger partial charge in [-0.3, -0.25) is 4.98 Å². The molecule has 136 valence electrons. The van der Waals surface area contributed by atoms with Gasteiger partial charge in [-0.1, -0.05) is 18.7 Å². The van der Waals surface area contributed by atoms with Gasteiger partial charge in [-0.15, -0.1) is 0 Å². The summed E-state index contributed by atoms with van der Waals surface area (Å²) in [6.45, 7) is 4.28. The van der Waals surface area contributed by atoms with Gasteiger partial charge in [-0.2, -0.15) is 0 Å². The van der Waals surface area contributed by atoms with Crippen LogP contribution < -0.4 is 4.74 Å². The highest BCUT2D eigenvalue weighted by Crippen LogP contribution is 2.20. The first-order valence-corrected chi connectivity index (χ1v) is 8.32. The Kier molecular flexibility index (Phi) is 7.36. The number of unbranched alkanes of at least 4 members (excludes halogenated alkanes) is 2. The molecular formula is C20H21NO5. The van der Waals surface area contributed by atoms with Gasteiger partial charge in [0, 0.05) is 11.6 Å². The second kappa shape index (κ2) is 9.98. The van der Waals surface area contributed by atoms with Crippen molar-refractivity contribution in [1.82, 2.24) is 4.98 Å². The van der Waals surface area contributed by atoms with Crippen LogP contribution in [-0.2, 0) is 9.53 Å². The number of rotatable bonds is 10. The summed E-state index contributed by atoms with van der Waals surface area (Å²) in [5.41, 5.74) is 1.84. The molecule has 0 atom stereocenters. The maximum Gasteiger partial charge on any atom is 0.335 e. The van der Waals surface area contributed by atoms with Gasteiger partial charge in [-0.05, 0) is 43.5 Å². The van der Waals surface area contributed by atoms with Crippen LogP contribution in [0.4, 0.5) is 0 Å². The third kappa shape index (κ3) is 6.05. The van der Waals surface area contributed by atoms with Crippen molar-refractivity contribution in [1.29, 1.82) is 0 Å². The molecule has 0 radical (unpaired) electrons. The van der Waals surface area contributed by atoms with Crippen molar-refractivity contribution in [3.8, 4) is 17.0 Å². The Morgan fingerprint density at radius 2 is 1.77 bits per heavy atom. The van der Waals surface area contributed by atoms with Crippen LogP contribution in [0.1, 0.15) is 29.6 Å². The van der Waals surface area contributed by atoms with Crippen LogP contribution in [0.3, 0.4) is 0 Å². The first-order valence-electron chi connectivity index (χ1n) is 8.32. The molecule has 0 aliphatic heterocycles. The summed E-state index contributed by atoms with van der Waals surface area (Å²) in [7, 11) is 0.